The zero-order valence-electron chi connectivity index (χ0n) is 17.7. The fourth-order valence-corrected chi connectivity index (χ4v) is 3.82. The molecule has 0 bridgehead atoms. The lowest BCUT2D eigenvalue weighted by atomic mass is 10.0. The minimum atomic E-state index is -1.56. The Morgan fingerprint density at radius 3 is 2.88 bits per heavy atom. The molecular formula is C18H22Cl2FN7O5. The first-order chi connectivity index (χ1) is 15.6. The number of nitro groups is 1. The van der Waals surface area contributed by atoms with Crippen molar-refractivity contribution < 1.29 is 24.0 Å². The predicted molar refractivity (Wildman–Crippen MR) is 117 cm³/mol. The van der Waals surface area contributed by atoms with Crippen molar-refractivity contribution in [3.8, 4) is 5.88 Å². The van der Waals surface area contributed by atoms with Crippen molar-refractivity contribution in [3.63, 3.8) is 0 Å². The van der Waals surface area contributed by atoms with Gasteiger partial charge in [0.25, 0.3) is 0 Å². The molecule has 1 amide bonds. The second-order valence-electron chi connectivity index (χ2n) is 7.56. The number of likely N-dealkylation sites (tertiary alicyclic amines) is 1. The van der Waals surface area contributed by atoms with Crippen LogP contribution in [0.25, 0.3) is 0 Å². The van der Waals surface area contributed by atoms with Crippen LogP contribution in [0.3, 0.4) is 0 Å². The quantitative estimate of drug-likeness (QED) is 0.310. The van der Waals surface area contributed by atoms with Gasteiger partial charge < -0.3 is 20.1 Å². The molecule has 0 aromatic carbocycles. The minimum Gasteiger partial charge on any atom is -0.472 e. The number of nitrogens with one attached hydrogen (secondary N) is 1. The van der Waals surface area contributed by atoms with E-state index in [-0.39, 0.29) is 59.7 Å². The van der Waals surface area contributed by atoms with E-state index in [1.54, 1.807) is 0 Å². The fraction of sp³-hybridized carbons (Fsp3) is 0.556. The monoisotopic (exact) mass is 505 g/mol. The van der Waals surface area contributed by atoms with Gasteiger partial charge in [0.2, 0.25) is 5.28 Å². The van der Waals surface area contributed by atoms with Crippen LogP contribution in [0.1, 0.15) is 31.5 Å². The number of hydrogen-bond acceptors (Lipinski definition) is 8. The van der Waals surface area contributed by atoms with E-state index in [9.17, 15) is 19.3 Å². The number of carboxylic acid groups (broad SMARTS) is 1. The number of hydrogen-bond donors (Lipinski definition) is 2. The number of halogens is 3. The first-order valence-electron chi connectivity index (χ1n) is 10.0. The van der Waals surface area contributed by atoms with Gasteiger partial charge in [0.1, 0.15) is 22.7 Å². The molecule has 3 heterocycles. The highest BCUT2D eigenvalue weighted by Gasteiger charge is 2.37. The van der Waals surface area contributed by atoms with Crippen molar-refractivity contribution in [1.29, 1.82) is 0 Å². The molecule has 3 rings (SSSR count). The number of carbonyl (C=O) groups is 1. The average Bonchev–Trinajstić information content (AvgIpc) is 3.06. The zero-order valence-corrected chi connectivity index (χ0v) is 19.3. The molecule has 2 N–H and O–H groups in total. The number of nitrogens with zero attached hydrogens (tertiary/aromatic N) is 6. The van der Waals surface area contributed by atoms with Gasteiger partial charge in [-0.1, -0.05) is 11.6 Å². The first kappa shape index (κ1) is 24.7. The molecule has 0 radical (unpaired) electrons. The maximum Gasteiger partial charge on any atom is 0.407 e. The molecular weight excluding hydrogens is 484 g/mol. The molecule has 2 aromatic heterocycles. The summed E-state index contributed by atoms with van der Waals surface area (Å²) in [7, 11) is 0. The lowest BCUT2D eigenvalue weighted by molar-refractivity contribution is -0.386. The van der Waals surface area contributed by atoms with E-state index in [4.69, 9.17) is 33.0 Å². The van der Waals surface area contributed by atoms with E-state index in [0.29, 0.717) is 12.2 Å². The summed E-state index contributed by atoms with van der Waals surface area (Å²) in [5.41, 5.74) is -0.214. The van der Waals surface area contributed by atoms with Crippen LogP contribution in [0.5, 0.6) is 5.88 Å². The fourth-order valence-electron chi connectivity index (χ4n) is 3.54. The third-order valence-electron chi connectivity index (χ3n) is 5.25. The molecule has 33 heavy (non-hydrogen) atoms. The van der Waals surface area contributed by atoms with Gasteiger partial charge in [-0.2, -0.15) is 4.98 Å². The minimum absolute atomic E-state index is 0.0299. The highest BCUT2D eigenvalue weighted by atomic mass is 35.5. The third kappa shape index (κ3) is 5.71. The number of piperidine rings is 1. The Balaban J connectivity index is 1.67. The molecule has 0 saturated carbocycles. The maximum atomic E-state index is 14.7. The second-order valence-corrected chi connectivity index (χ2v) is 8.30. The van der Waals surface area contributed by atoms with E-state index >= 15 is 0 Å². The molecule has 1 aliphatic rings. The van der Waals surface area contributed by atoms with Crippen LogP contribution in [0.2, 0.25) is 10.3 Å². The molecule has 180 valence electrons. The molecule has 15 heteroatoms. The van der Waals surface area contributed by atoms with Crippen molar-refractivity contribution in [2.45, 2.75) is 44.9 Å². The molecule has 1 fully saturated rings. The van der Waals surface area contributed by atoms with E-state index in [1.807, 2.05) is 6.92 Å². The summed E-state index contributed by atoms with van der Waals surface area (Å²) in [6, 6.07) is -1.02. The van der Waals surface area contributed by atoms with Gasteiger partial charge in [0.15, 0.2) is 0 Å². The van der Waals surface area contributed by atoms with E-state index in [2.05, 4.69) is 20.4 Å². The van der Waals surface area contributed by atoms with Crippen molar-refractivity contribution in [1.82, 2.24) is 24.6 Å². The standard InChI is InChI=1S/C18H22Cl2FN7O5/c1-9(23-15-11(19)7-22-17(20)24-15)4-6-33-16-14(28(31)32)10(2)27(25-16)13-3-5-26(18(29)30)8-12(13)21/h7,9,12-13H,3-6,8H2,1-2H3,(H,29,30)(H,22,23,24)/t9-,12?,13?/m1/s1. The summed E-state index contributed by atoms with van der Waals surface area (Å²) in [4.78, 5) is 30.8. The second kappa shape index (κ2) is 10.3. The summed E-state index contributed by atoms with van der Waals surface area (Å²) in [6.45, 7) is 3.13. The van der Waals surface area contributed by atoms with Crippen LogP contribution in [0.4, 0.5) is 20.7 Å². The highest BCUT2D eigenvalue weighted by Crippen LogP contribution is 2.35. The summed E-state index contributed by atoms with van der Waals surface area (Å²) in [5.74, 6) is 0.123. The predicted octanol–water partition coefficient (Wildman–Crippen LogP) is 3.73. The van der Waals surface area contributed by atoms with Gasteiger partial charge in [-0.3, -0.25) is 14.8 Å². The van der Waals surface area contributed by atoms with Crippen molar-refractivity contribution in [2.75, 3.05) is 25.0 Å². The summed E-state index contributed by atoms with van der Waals surface area (Å²) >= 11 is 11.8. The molecule has 1 saturated heterocycles. The summed E-state index contributed by atoms with van der Waals surface area (Å²) < 4.78 is 21.5. The Kier molecular flexibility index (Phi) is 7.74. The molecule has 0 spiro atoms. The number of anilines is 1. The van der Waals surface area contributed by atoms with Gasteiger partial charge in [-0.15, -0.1) is 5.10 Å². The van der Waals surface area contributed by atoms with Gasteiger partial charge in [0.05, 0.1) is 30.3 Å². The highest BCUT2D eigenvalue weighted by molar-refractivity contribution is 6.33. The van der Waals surface area contributed by atoms with E-state index in [0.717, 1.165) is 4.90 Å². The number of alkyl halides is 1. The largest absolute Gasteiger partial charge is 0.472 e. The number of ether oxygens (including phenoxy) is 1. The van der Waals surface area contributed by atoms with Crippen molar-refractivity contribution >= 4 is 40.8 Å². The first-order valence-corrected chi connectivity index (χ1v) is 10.8. The molecule has 1 aliphatic heterocycles. The summed E-state index contributed by atoms with van der Waals surface area (Å²) in [5, 5.41) is 28.2. The van der Waals surface area contributed by atoms with Crippen molar-refractivity contribution in [2.24, 2.45) is 0 Å². The zero-order chi connectivity index (χ0) is 24.3. The topological polar surface area (TPSA) is 149 Å². The molecule has 2 aromatic rings. The number of amides is 1. The third-order valence-corrected chi connectivity index (χ3v) is 5.71. The molecule has 2 unspecified atom stereocenters. The molecule has 0 aliphatic carbocycles. The van der Waals surface area contributed by atoms with Gasteiger partial charge in [-0.05, 0) is 31.9 Å². The van der Waals surface area contributed by atoms with Crippen LogP contribution in [0.15, 0.2) is 6.20 Å². The Hall–Kier alpha value is -2.93. The normalized spacial score (nSPS) is 19.2. The molecule has 3 atom stereocenters. The Labute approximate surface area is 197 Å². The van der Waals surface area contributed by atoms with Gasteiger partial charge in [-0.25, -0.2) is 14.2 Å². The van der Waals surface area contributed by atoms with Crippen molar-refractivity contribution in [3.05, 3.63) is 32.3 Å². The van der Waals surface area contributed by atoms with Crippen LogP contribution in [-0.2, 0) is 0 Å². The lowest BCUT2D eigenvalue weighted by Gasteiger charge is -2.33. The SMILES string of the molecule is Cc1c([N+](=O)[O-])c(OCC[C@@H](C)Nc2nc(Cl)ncc2Cl)nn1C1CCN(C(=O)O)CC1F. The van der Waals surface area contributed by atoms with E-state index in [1.165, 1.54) is 17.8 Å². The van der Waals surface area contributed by atoms with Crippen LogP contribution >= 0.6 is 23.2 Å². The van der Waals surface area contributed by atoms with E-state index < -0.39 is 23.2 Å². The Bertz CT molecular complexity index is 1040. The Morgan fingerprint density at radius 2 is 2.24 bits per heavy atom. The molecule has 12 nitrogen and oxygen atoms in total. The number of aromatic nitrogens is 4. The lowest BCUT2D eigenvalue weighted by Crippen LogP contribution is -2.45. The van der Waals surface area contributed by atoms with Crippen LogP contribution < -0.4 is 10.1 Å². The maximum absolute atomic E-state index is 14.7. The van der Waals surface area contributed by atoms with Crippen LogP contribution in [0, 0.1) is 17.0 Å². The average molecular weight is 506 g/mol. The Morgan fingerprint density at radius 1 is 1.52 bits per heavy atom. The van der Waals surface area contributed by atoms with Gasteiger partial charge in [0, 0.05) is 19.0 Å². The smallest absolute Gasteiger partial charge is 0.407 e. The summed E-state index contributed by atoms with van der Waals surface area (Å²) in [6.07, 6.45) is -0.870. The van der Waals surface area contributed by atoms with Gasteiger partial charge >= 0.3 is 17.7 Å². The number of rotatable bonds is 8. The van der Waals surface area contributed by atoms with Crippen LogP contribution in [-0.4, -0.2) is 72.7 Å².